The lowest BCUT2D eigenvalue weighted by atomic mass is 9.87. The van der Waals surface area contributed by atoms with Gasteiger partial charge in [-0.2, -0.15) is 0 Å². The van der Waals surface area contributed by atoms with E-state index in [0.717, 1.165) is 35.4 Å². The fourth-order valence-electron chi connectivity index (χ4n) is 2.99. The summed E-state index contributed by atoms with van der Waals surface area (Å²) in [4.78, 5) is 7.95. The fraction of sp³-hybridized carbons (Fsp3) is 0.294. The number of rotatable bonds is 2. The summed E-state index contributed by atoms with van der Waals surface area (Å²) in [5.41, 5.74) is 17.4. The largest absolute Gasteiger partial charge is 0.404 e. The van der Waals surface area contributed by atoms with E-state index in [-0.39, 0.29) is 0 Å². The van der Waals surface area contributed by atoms with Crippen molar-refractivity contribution in [2.45, 2.75) is 33.1 Å². The molecule has 0 radical (unpaired) electrons. The lowest BCUT2D eigenvalue weighted by Crippen LogP contribution is -2.15. The molecule has 1 aliphatic carbocycles. The van der Waals surface area contributed by atoms with Crippen LogP contribution in [0.2, 0.25) is 0 Å². The highest BCUT2D eigenvalue weighted by molar-refractivity contribution is 7.81. The van der Waals surface area contributed by atoms with Gasteiger partial charge in [0.05, 0.1) is 4.86 Å². The van der Waals surface area contributed by atoms with Gasteiger partial charge >= 0.3 is 0 Å². The molecule has 0 fully saturated rings. The Labute approximate surface area is 140 Å². The van der Waals surface area contributed by atoms with Crippen LogP contribution in [-0.4, -0.2) is 9.85 Å². The Bertz CT molecular complexity index is 787. The number of thiophene rings is 1. The Morgan fingerprint density at radius 3 is 2.77 bits per heavy atom. The van der Waals surface area contributed by atoms with E-state index in [2.05, 4.69) is 18.0 Å². The molecule has 0 saturated carbocycles. The Kier molecular flexibility index (Phi) is 4.02. The van der Waals surface area contributed by atoms with Gasteiger partial charge in [-0.25, -0.2) is 4.98 Å². The minimum absolute atomic E-state index is 0.564. The number of hydrogen-bond acceptors (Lipinski definition) is 5. The molecule has 0 atom stereocenters. The number of aryl methyl sites for hydroxylation is 2. The summed E-state index contributed by atoms with van der Waals surface area (Å²) >= 11 is 7.51. The number of anilines is 1. The van der Waals surface area contributed by atoms with Gasteiger partial charge in [-0.3, -0.25) is 0 Å². The van der Waals surface area contributed by atoms with Crippen molar-refractivity contribution in [3.63, 3.8) is 0 Å². The SMILES string of the molecule is Cc1nc(N)ccc1Cc1sc(C)c2c1C(=S)C(=CN)CC2. The minimum atomic E-state index is 0.564. The Hall–Kier alpha value is -1.72. The molecule has 0 spiro atoms. The number of nitrogen functional groups attached to an aromatic ring is 1. The smallest absolute Gasteiger partial charge is 0.123 e. The summed E-state index contributed by atoms with van der Waals surface area (Å²) in [5.74, 6) is 0.564. The van der Waals surface area contributed by atoms with E-state index >= 15 is 0 Å². The van der Waals surface area contributed by atoms with E-state index in [9.17, 15) is 0 Å². The maximum atomic E-state index is 5.74. The average Bonchev–Trinajstić information content (AvgIpc) is 2.80. The molecule has 2 aromatic heterocycles. The van der Waals surface area contributed by atoms with E-state index in [4.69, 9.17) is 23.7 Å². The first-order valence-corrected chi connectivity index (χ1v) is 8.52. The van der Waals surface area contributed by atoms with Gasteiger partial charge in [-0.05, 0) is 55.7 Å². The quantitative estimate of drug-likeness (QED) is 0.654. The van der Waals surface area contributed by atoms with Crippen LogP contribution in [0.15, 0.2) is 23.9 Å². The average molecular weight is 329 g/mol. The molecule has 0 bridgehead atoms. The van der Waals surface area contributed by atoms with E-state index in [1.54, 1.807) is 6.20 Å². The van der Waals surface area contributed by atoms with Crippen LogP contribution >= 0.6 is 23.6 Å². The second-order valence-electron chi connectivity index (χ2n) is 5.61. The summed E-state index contributed by atoms with van der Waals surface area (Å²) in [6.45, 7) is 4.18. The number of aromatic nitrogens is 1. The molecule has 5 heteroatoms. The number of pyridine rings is 1. The molecule has 1 aliphatic rings. The Balaban J connectivity index is 2.04. The normalized spacial score (nSPS) is 16.1. The molecule has 2 heterocycles. The van der Waals surface area contributed by atoms with Crippen LogP contribution in [0.25, 0.3) is 0 Å². The van der Waals surface area contributed by atoms with Crippen molar-refractivity contribution >= 4 is 34.2 Å². The molecule has 3 rings (SSSR count). The van der Waals surface area contributed by atoms with Crippen molar-refractivity contribution in [2.24, 2.45) is 5.73 Å². The summed E-state index contributed by atoms with van der Waals surface area (Å²) < 4.78 is 0. The van der Waals surface area contributed by atoms with E-state index in [1.807, 2.05) is 24.3 Å². The van der Waals surface area contributed by atoms with Crippen LogP contribution in [0.3, 0.4) is 0 Å². The molecule has 22 heavy (non-hydrogen) atoms. The van der Waals surface area contributed by atoms with Gasteiger partial charge in [-0.15, -0.1) is 11.3 Å². The van der Waals surface area contributed by atoms with E-state index in [0.29, 0.717) is 5.82 Å². The maximum Gasteiger partial charge on any atom is 0.123 e. The van der Waals surface area contributed by atoms with Gasteiger partial charge in [0.2, 0.25) is 0 Å². The van der Waals surface area contributed by atoms with Gasteiger partial charge in [-0.1, -0.05) is 18.3 Å². The predicted molar refractivity (Wildman–Crippen MR) is 97.5 cm³/mol. The van der Waals surface area contributed by atoms with E-state index in [1.165, 1.54) is 26.4 Å². The fourth-order valence-corrected chi connectivity index (χ4v) is 4.73. The number of hydrogen-bond donors (Lipinski definition) is 2. The molecular formula is C17H19N3S2. The lowest BCUT2D eigenvalue weighted by molar-refractivity contribution is 0.946. The summed E-state index contributed by atoms with van der Waals surface area (Å²) in [6.07, 6.45) is 4.48. The molecular weight excluding hydrogens is 310 g/mol. The van der Waals surface area contributed by atoms with Crippen molar-refractivity contribution < 1.29 is 0 Å². The lowest BCUT2D eigenvalue weighted by Gasteiger charge is -2.18. The first-order valence-electron chi connectivity index (χ1n) is 7.30. The predicted octanol–water partition coefficient (Wildman–Crippen LogP) is 3.44. The molecule has 0 aromatic carbocycles. The van der Waals surface area contributed by atoms with Gasteiger partial charge in [0.15, 0.2) is 0 Å². The zero-order chi connectivity index (χ0) is 15.9. The Morgan fingerprint density at radius 2 is 2.09 bits per heavy atom. The molecule has 2 aromatic rings. The summed E-state index contributed by atoms with van der Waals surface area (Å²) in [7, 11) is 0. The minimum Gasteiger partial charge on any atom is -0.404 e. The third-order valence-electron chi connectivity index (χ3n) is 4.21. The maximum absolute atomic E-state index is 5.74. The zero-order valence-corrected chi connectivity index (χ0v) is 14.4. The van der Waals surface area contributed by atoms with Crippen molar-refractivity contribution in [1.29, 1.82) is 0 Å². The van der Waals surface area contributed by atoms with Gasteiger partial charge in [0.1, 0.15) is 5.82 Å². The highest BCUT2D eigenvalue weighted by atomic mass is 32.1. The van der Waals surface area contributed by atoms with Crippen molar-refractivity contribution in [1.82, 2.24) is 4.98 Å². The second kappa shape index (κ2) is 5.82. The van der Waals surface area contributed by atoms with Gasteiger partial charge < -0.3 is 11.5 Å². The van der Waals surface area contributed by atoms with Crippen LogP contribution in [-0.2, 0) is 12.8 Å². The molecule has 4 N–H and O–H groups in total. The highest BCUT2D eigenvalue weighted by Gasteiger charge is 2.25. The first-order chi connectivity index (χ1) is 10.5. The monoisotopic (exact) mass is 329 g/mol. The number of nitrogens with zero attached hydrogens (tertiary/aromatic N) is 1. The molecule has 0 saturated heterocycles. The van der Waals surface area contributed by atoms with Gasteiger partial charge in [0.25, 0.3) is 0 Å². The highest BCUT2D eigenvalue weighted by Crippen LogP contribution is 2.37. The van der Waals surface area contributed by atoms with Crippen LogP contribution in [0, 0.1) is 13.8 Å². The van der Waals surface area contributed by atoms with Crippen LogP contribution < -0.4 is 11.5 Å². The summed E-state index contributed by atoms with van der Waals surface area (Å²) in [6, 6.07) is 3.92. The number of nitrogens with two attached hydrogens (primary N) is 2. The third kappa shape index (κ3) is 2.55. The summed E-state index contributed by atoms with van der Waals surface area (Å²) in [5, 5.41) is 0. The molecule has 0 amide bonds. The number of fused-ring (bicyclic) bond motifs is 1. The van der Waals surface area contributed by atoms with Crippen molar-refractivity contribution in [2.75, 3.05) is 5.73 Å². The van der Waals surface area contributed by atoms with E-state index < -0.39 is 0 Å². The van der Waals surface area contributed by atoms with Crippen LogP contribution in [0.1, 0.15) is 38.6 Å². The number of allylic oxidation sites excluding steroid dienone is 1. The standard InChI is InChI=1S/C17H19N3S2/c1-9-11(4-6-15(19)20-9)7-14-16-13(10(2)22-14)5-3-12(8-18)17(16)21/h4,6,8H,3,5,7,18H2,1-2H3,(H2,19,20). The third-order valence-corrected chi connectivity index (χ3v) is 5.83. The molecule has 3 nitrogen and oxygen atoms in total. The first kappa shape index (κ1) is 15.2. The Morgan fingerprint density at radius 1 is 1.32 bits per heavy atom. The van der Waals surface area contributed by atoms with Gasteiger partial charge in [0, 0.05) is 27.4 Å². The zero-order valence-electron chi connectivity index (χ0n) is 12.8. The van der Waals surface area contributed by atoms with Crippen molar-refractivity contribution in [3.8, 4) is 0 Å². The second-order valence-corrected chi connectivity index (χ2v) is 7.33. The molecule has 0 aliphatic heterocycles. The van der Waals surface area contributed by atoms with Crippen molar-refractivity contribution in [3.05, 3.63) is 56.0 Å². The van der Waals surface area contributed by atoms with Crippen LogP contribution in [0.4, 0.5) is 5.82 Å². The topological polar surface area (TPSA) is 64.9 Å². The molecule has 114 valence electrons. The molecule has 0 unspecified atom stereocenters. The number of thiocarbonyl (C=S) groups is 1. The van der Waals surface area contributed by atoms with Crippen LogP contribution in [0.5, 0.6) is 0 Å².